The lowest BCUT2D eigenvalue weighted by Crippen LogP contribution is -2.05. The zero-order chi connectivity index (χ0) is 8.27. The molecule has 1 aromatic rings. The Morgan fingerprint density at radius 2 is 2.27 bits per heavy atom. The summed E-state index contributed by atoms with van der Waals surface area (Å²) in [6, 6.07) is 2.24. The Morgan fingerprint density at radius 3 is 2.73 bits per heavy atom. The van der Waals surface area contributed by atoms with Crippen LogP contribution in [0.15, 0.2) is 12.1 Å². The van der Waals surface area contributed by atoms with E-state index in [2.05, 4.69) is 14.9 Å². The molecule has 0 saturated carbocycles. The Bertz CT molecular complexity index is 260. The zero-order valence-electron chi connectivity index (χ0n) is 5.74. The summed E-state index contributed by atoms with van der Waals surface area (Å²) >= 11 is 0. The molecule has 0 atom stereocenters. The molecule has 5 heteroatoms. The van der Waals surface area contributed by atoms with E-state index < -0.39 is 11.9 Å². The molecule has 1 aromatic heterocycles. The van der Waals surface area contributed by atoms with Gasteiger partial charge in [0.1, 0.15) is 0 Å². The Kier molecular flexibility index (Phi) is 2.10. The molecular weight excluding hydrogens is 151 g/mol. The number of methoxy groups -OCH3 is 1. The Morgan fingerprint density at radius 1 is 1.55 bits per heavy atom. The van der Waals surface area contributed by atoms with Gasteiger partial charge in [0, 0.05) is 0 Å². The zero-order valence-corrected chi connectivity index (χ0v) is 5.74. The van der Waals surface area contributed by atoms with Crippen LogP contribution in [0.3, 0.4) is 0 Å². The topological polar surface area (TPSA) is 52.1 Å². The largest absolute Gasteiger partial charge is 0.464 e. The van der Waals surface area contributed by atoms with Gasteiger partial charge in [0.2, 0.25) is 5.95 Å². The van der Waals surface area contributed by atoms with Crippen molar-refractivity contribution in [2.75, 3.05) is 7.11 Å². The van der Waals surface area contributed by atoms with Crippen LogP contribution >= 0.6 is 0 Å². The second-order valence-electron chi connectivity index (χ2n) is 1.73. The Balaban J connectivity index is 2.90. The van der Waals surface area contributed by atoms with Crippen LogP contribution in [0.1, 0.15) is 10.5 Å². The summed E-state index contributed by atoms with van der Waals surface area (Å²) in [6.45, 7) is 0. The van der Waals surface area contributed by atoms with Crippen molar-refractivity contribution in [2.24, 2.45) is 0 Å². The van der Waals surface area contributed by atoms with E-state index in [1.165, 1.54) is 13.2 Å². The van der Waals surface area contributed by atoms with Gasteiger partial charge in [-0.15, -0.1) is 10.2 Å². The number of hydrogen-bond acceptors (Lipinski definition) is 4. The number of halogens is 1. The van der Waals surface area contributed by atoms with Gasteiger partial charge in [0.15, 0.2) is 5.69 Å². The molecule has 11 heavy (non-hydrogen) atoms. The molecule has 0 unspecified atom stereocenters. The molecule has 58 valence electrons. The third-order valence-corrected chi connectivity index (χ3v) is 1.03. The molecule has 0 aromatic carbocycles. The van der Waals surface area contributed by atoms with Crippen LogP contribution in [0, 0.1) is 5.95 Å². The molecule has 0 aliphatic rings. The molecule has 0 spiro atoms. The van der Waals surface area contributed by atoms with Crippen molar-refractivity contribution in [3.8, 4) is 0 Å². The van der Waals surface area contributed by atoms with Gasteiger partial charge in [-0.1, -0.05) is 0 Å². The van der Waals surface area contributed by atoms with Gasteiger partial charge in [0.25, 0.3) is 0 Å². The lowest BCUT2D eigenvalue weighted by atomic mass is 10.4. The molecule has 0 radical (unpaired) electrons. The van der Waals surface area contributed by atoms with Crippen molar-refractivity contribution in [2.45, 2.75) is 0 Å². The second kappa shape index (κ2) is 3.05. The molecule has 0 aliphatic heterocycles. The summed E-state index contributed by atoms with van der Waals surface area (Å²) in [4.78, 5) is 10.7. The first-order chi connectivity index (χ1) is 5.24. The molecule has 0 amide bonds. The molecule has 0 saturated heterocycles. The SMILES string of the molecule is COC(=O)c1ccc(F)nn1. The quantitative estimate of drug-likeness (QED) is 0.552. The minimum atomic E-state index is -0.724. The van der Waals surface area contributed by atoms with Crippen molar-refractivity contribution in [1.29, 1.82) is 0 Å². The molecule has 0 aliphatic carbocycles. The first kappa shape index (κ1) is 7.59. The van der Waals surface area contributed by atoms with Gasteiger partial charge in [0.05, 0.1) is 7.11 Å². The predicted molar refractivity (Wildman–Crippen MR) is 33.3 cm³/mol. The summed E-state index contributed by atoms with van der Waals surface area (Å²) in [5.74, 6) is -1.35. The van der Waals surface area contributed by atoms with E-state index in [1.54, 1.807) is 0 Å². The average molecular weight is 156 g/mol. The van der Waals surface area contributed by atoms with Crippen molar-refractivity contribution in [3.05, 3.63) is 23.8 Å². The maximum Gasteiger partial charge on any atom is 0.358 e. The van der Waals surface area contributed by atoms with Gasteiger partial charge in [-0.2, -0.15) is 4.39 Å². The van der Waals surface area contributed by atoms with Gasteiger partial charge in [-0.05, 0) is 12.1 Å². The lowest BCUT2D eigenvalue weighted by molar-refractivity contribution is 0.0592. The highest BCUT2D eigenvalue weighted by Gasteiger charge is 2.06. The number of hydrogen-bond donors (Lipinski definition) is 0. The van der Waals surface area contributed by atoms with Crippen LogP contribution in [0.25, 0.3) is 0 Å². The fraction of sp³-hybridized carbons (Fsp3) is 0.167. The van der Waals surface area contributed by atoms with E-state index in [4.69, 9.17) is 0 Å². The fourth-order valence-electron chi connectivity index (χ4n) is 0.529. The number of esters is 1. The lowest BCUT2D eigenvalue weighted by Gasteiger charge is -1.94. The van der Waals surface area contributed by atoms with Gasteiger partial charge < -0.3 is 4.74 Å². The molecule has 1 heterocycles. The van der Waals surface area contributed by atoms with E-state index in [1.807, 2.05) is 0 Å². The highest BCUT2D eigenvalue weighted by molar-refractivity contribution is 5.86. The third-order valence-electron chi connectivity index (χ3n) is 1.03. The second-order valence-corrected chi connectivity index (χ2v) is 1.73. The summed E-state index contributed by atoms with van der Waals surface area (Å²) in [7, 11) is 1.22. The summed E-state index contributed by atoms with van der Waals surface area (Å²) < 4.78 is 16.4. The molecule has 4 nitrogen and oxygen atoms in total. The number of nitrogens with zero attached hydrogens (tertiary/aromatic N) is 2. The van der Waals surface area contributed by atoms with E-state index >= 15 is 0 Å². The highest BCUT2D eigenvalue weighted by Crippen LogP contribution is 1.95. The Labute approximate surface area is 62.0 Å². The fourth-order valence-corrected chi connectivity index (χ4v) is 0.529. The Hall–Kier alpha value is -1.52. The van der Waals surface area contributed by atoms with Crippen molar-refractivity contribution >= 4 is 5.97 Å². The van der Waals surface area contributed by atoms with Crippen LogP contribution in [0.5, 0.6) is 0 Å². The van der Waals surface area contributed by atoms with E-state index in [-0.39, 0.29) is 5.69 Å². The number of ether oxygens (including phenoxy) is 1. The minimum Gasteiger partial charge on any atom is -0.464 e. The van der Waals surface area contributed by atoms with Crippen molar-refractivity contribution in [1.82, 2.24) is 10.2 Å². The molecule has 0 fully saturated rings. The van der Waals surface area contributed by atoms with Crippen LogP contribution in [0.4, 0.5) is 4.39 Å². The molecule has 0 N–H and O–H groups in total. The van der Waals surface area contributed by atoms with E-state index in [9.17, 15) is 9.18 Å². The minimum absolute atomic E-state index is 0.00565. The molecule has 0 bridgehead atoms. The number of rotatable bonds is 1. The standard InChI is InChI=1S/C6H5FN2O2/c1-11-6(10)4-2-3-5(7)9-8-4/h2-3H,1H3. The van der Waals surface area contributed by atoms with Gasteiger partial charge in [-0.25, -0.2) is 4.79 Å². The van der Waals surface area contributed by atoms with Gasteiger partial charge in [-0.3, -0.25) is 0 Å². The predicted octanol–water partition coefficient (Wildman–Crippen LogP) is 0.402. The van der Waals surface area contributed by atoms with Crippen LogP contribution < -0.4 is 0 Å². The van der Waals surface area contributed by atoms with E-state index in [0.29, 0.717) is 0 Å². The first-order valence-electron chi connectivity index (χ1n) is 2.81. The average Bonchev–Trinajstić information content (AvgIpc) is 2.05. The summed E-state index contributed by atoms with van der Waals surface area (Å²) in [5, 5.41) is 6.28. The maximum absolute atomic E-state index is 12.1. The third kappa shape index (κ3) is 1.70. The summed E-state index contributed by atoms with van der Waals surface area (Å²) in [5.41, 5.74) is -0.00565. The van der Waals surface area contributed by atoms with Crippen LogP contribution in [0.2, 0.25) is 0 Å². The normalized spacial score (nSPS) is 9.27. The molecular formula is C6H5FN2O2. The van der Waals surface area contributed by atoms with Crippen molar-refractivity contribution in [3.63, 3.8) is 0 Å². The first-order valence-corrected chi connectivity index (χ1v) is 2.81. The smallest absolute Gasteiger partial charge is 0.358 e. The van der Waals surface area contributed by atoms with Crippen molar-refractivity contribution < 1.29 is 13.9 Å². The number of aromatic nitrogens is 2. The van der Waals surface area contributed by atoms with E-state index in [0.717, 1.165) is 6.07 Å². The maximum atomic E-state index is 12.1. The summed E-state index contributed by atoms with van der Waals surface area (Å²) in [6.07, 6.45) is 0. The number of carbonyl (C=O) groups is 1. The van der Waals surface area contributed by atoms with Crippen LogP contribution in [-0.4, -0.2) is 23.3 Å². The number of carbonyl (C=O) groups excluding carboxylic acids is 1. The highest BCUT2D eigenvalue weighted by atomic mass is 19.1. The monoisotopic (exact) mass is 156 g/mol. The molecule has 1 rings (SSSR count). The van der Waals surface area contributed by atoms with Gasteiger partial charge >= 0.3 is 5.97 Å². The van der Waals surface area contributed by atoms with Crippen LogP contribution in [-0.2, 0) is 4.74 Å².